The molecule has 128 valence electrons. The Morgan fingerprint density at radius 2 is 1.92 bits per heavy atom. The number of anilines is 1. The SMILES string of the molecule is COc1cccc(C(C)NCCN2CCc3ccccc32)c1OC. The number of nitrogens with zero attached hydrogens (tertiary/aromatic N) is 1. The second-order valence-electron chi connectivity index (χ2n) is 6.12. The van der Waals surface area contributed by atoms with E-state index in [-0.39, 0.29) is 6.04 Å². The van der Waals surface area contributed by atoms with E-state index < -0.39 is 0 Å². The molecule has 1 aliphatic rings. The van der Waals surface area contributed by atoms with Crippen molar-refractivity contribution in [2.45, 2.75) is 19.4 Å². The van der Waals surface area contributed by atoms with Crippen LogP contribution in [0.5, 0.6) is 11.5 Å². The molecule has 2 aromatic carbocycles. The van der Waals surface area contributed by atoms with Crippen LogP contribution in [0.25, 0.3) is 0 Å². The van der Waals surface area contributed by atoms with Gasteiger partial charge in [0.25, 0.3) is 0 Å². The lowest BCUT2D eigenvalue weighted by molar-refractivity contribution is 0.348. The number of hydrogen-bond donors (Lipinski definition) is 1. The third-order valence-corrected chi connectivity index (χ3v) is 4.72. The van der Waals surface area contributed by atoms with Crippen molar-refractivity contribution in [1.82, 2.24) is 5.32 Å². The number of nitrogens with one attached hydrogen (secondary N) is 1. The van der Waals surface area contributed by atoms with Crippen LogP contribution < -0.4 is 19.7 Å². The first kappa shape index (κ1) is 16.7. The molecule has 0 amide bonds. The quantitative estimate of drug-likeness (QED) is 0.845. The van der Waals surface area contributed by atoms with E-state index >= 15 is 0 Å². The van der Waals surface area contributed by atoms with Crippen LogP contribution in [0, 0.1) is 0 Å². The Morgan fingerprint density at radius 1 is 1.08 bits per heavy atom. The van der Waals surface area contributed by atoms with Crippen molar-refractivity contribution >= 4 is 5.69 Å². The lowest BCUT2D eigenvalue weighted by Crippen LogP contribution is -2.32. The summed E-state index contributed by atoms with van der Waals surface area (Å²) >= 11 is 0. The van der Waals surface area contributed by atoms with E-state index in [1.807, 2.05) is 12.1 Å². The predicted molar refractivity (Wildman–Crippen MR) is 98.3 cm³/mol. The van der Waals surface area contributed by atoms with Gasteiger partial charge in [-0.1, -0.05) is 30.3 Å². The Bertz CT molecular complexity index is 687. The maximum atomic E-state index is 5.54. The molecule has 0 aliphatic carbocycles. The van der Waals surface area contributed by atoms with Gasteiger partial charge in [-0.2, -0.15) is 0 Å². The van der Waals surface area contributed by atoms with E-state index in [2.05, 4.69) is 47.5 Å². The number of para-hydroxylation sites is 2. The molecular formula is C20H26N2O2. The van der Waals surface area contributed by atoms with E-state index in [1.165, 1.54) is 11.3 Å². The number of rotatable bonds is 7. The largest absolute Gasteiger partial charge is 0.493 e. The van der Waals surface area contributed by atoms with E-state index in [1.54, 1.807) is 14.2 Å². The van der Waals surface area contributed by atoms with Crippen molar-refractivity contribution in [3.8, 4) is 11.5 Å². The minimum Gasteiger partial charge on any atom is -0.493 e. The third kappa shape index (κ3) is 3.34. The molecule has 0 fully saturated rings. The Kier molecular flexibility index (Phi) is 5.26. The van der Waals surface area contributed by atoms with Crippen LogP contribution in [0.1, 0.15) is 24.1 Å². The zero-order valence-corrected chi connectivity index (χ0v) is 14.7. The molecule has 0 spiro atoms. The summed E-state index contributed by atoms with van der Waals surface area (Å²) in [5, 5.41) is 3.61. The van der Waals surface area contributed by atoms with Gasteiger partial charge in [0.2, 0.25) is 0 Å². The molecule has 4 heteroatoms. The maximum Gasteiger partial charge on any atom is 0.165 e. The van der Waals surface area contributed by atoms with Gasteiger partial charge in [-0.15, -0.1) is 0 Å². The summed E-state index contributed by atoms with van der Waals surface area (Å²) < 4.78 is 10.9. The van der Waals surface area contributed by atoms with Gasteiger partial charge in [0, 0.05) is 36.9 Å². The average Bonchev–Trinajstić information content (AvgIpc) is 3.04. The number of fused-ring (bicyclic) bond motifs is 1. The molecule has 0 radical (unpaired) electrons. The molecule has 1 heterocycles. The second-order valence-corrected chi connectivity index (χ2v) is 6.12. The minimum atomic E-state index is 0.202. The first-order valence-corrected chi connectivity index (χ1v) is 8.51. The summed E-state index contributed by atoms with van der Waals surface area (Å²) in [7, 11) is 3.36. The van der Waals surface area contributed by atoms with Crippen molar-refractivity contribution in [2.24, 2.45) is 0 Å². The summed E-state index contributed by atoms with van der Waals surface area (Å²) in [6.45, 7) is 5.20. The van der Waals surface area contributed by atoms with Crippen LogP contribution >= 0.6 is 0 Å². The van der Waals surface area contributed by atoms with Gasteiger partial charge in [0.1, 0.15) is 0 Å². The Balaban J connectivity index is 1.60. The standard InChI is InChI=1S/C20H26N2O2/c1-15(17-8-6-10-19(23-2)20(17)24-3)21-12-14-22-13-11-16-7-4-5-9-18(16)22/h4-10,15,21H,11-14H2,1-3H3. The van der Waals surface area contributed by atoms with Crippen LogP contribution in [0.2, 0.25) is 0 Å². The summed E-state index contributed by atoms with van der Waals surface area (Å²) in [5.41, 5.74) is 3.96. The molecule has 1 aliphatic heterocycles. The smallest absolute Gasteiger partial charge is 0.165 e. The lowest BCUT2D eigenvalue weighted by Gasteiger charge is -2.23. The fourth-order valence-corrected chi connectivity index (χ4v) is 3.42. The first-order valence-electron chi connectivity index (χ1n) is 8.51. The van der Waals surface area contributed by atoms with Crippen molar-refractivity contribution in [2.75, 3.05) is 38.8 Å². The van der Waals surface area contributed by atoms with E-state index in [0.717, 1.165) is 43.1 Å². The van der Waals surface area contributed by atoms with Crippen LogP contribution in [-0.4, -0.2) is 33.9 Å². The normalized spacial score (nSPS) is 14.4. The molecule has 4 nitrogen and oxygen atoms in total. The number of hydrogen-bond acceptors (Lipinski definition) is 4. The zero-order chi connectivity index (χ0) is 16.9. The average molecular weight is 326 g/mol. The van der Waals surface area contributed by atoms with Gasteiger partial charge in [-0.25, -0.2) is 0 Å². The molecular weight excluding hydrogens is 300 g/mol. The van der Waals surface area contributed by atoms with Crippen molar-refractivity contribution < 1.29 is 9.47 Å². The van der Waals surface area contributed by atoms with Gasteiger partial charge >= 0.3 is 0 Å². The summed E-state index contributed by atoms with van der Waals surface area (Å²) in [4.78, 5) is 2.46. The molecule has 0 bridgehead atoms. The van der Waals surface area contributed by atoms with E-state index in [4.69, 9.17) is 9.47 Å². The molecule has 2 aromatic rings. The minimum absolute atomic E-state index is 0.202. The van der Waals surface area contributed by atoms with Crippen molar-refractivity contribution in [3.05, 3.63) is 53.6 Å². The highest BCUT2D eigenvalue weighted by atomic mass is 16.5. The molecule has 3 rings (SSSR count). The monoisotopic (exact) mass is 326 g/mol. The Labute approximate surface area is 144 Å². The lowest BCUT2D eigenvalue weighted by atomic mass is 10.1. The van der Waals surface area contributed by atoms with Crippen molar-refractivity contribution in [3.63, 3.8) is 0 Å². The van der Waals surface area contributed by atoms with Crippen molar-refractivity contribution in [1.29, 1.82) is 0 Å². The van der Waals surface area contributed by atoms with Crippen LogP contribution in [0.4, 0.5) is 5.69 Å². The fourth-order valence-electron chi connectivity index (χ4n) is 3.42. The van der Waals surface area contributed by atoms with Gasteiger partial charge in [-0.3, -0.25) is 0 Å². The number of benzene rings is 2. The van der Waals surface area contributed by atoms with Crippen LogP contribution in [0.15, 0.2) is 42.5 Å². The van der Waals surface area contributed by atoms with Crippen LogP contribution in [-0.2, 0) is 6.42 Å². The fraction of sp³-hybridized carbons (Fsp3) is 0.400. The maximum absolute atomic E-state index is 5.54. The molecule has 0 saturated carbocycles. The Hall–Kier alpha value is -2.20. The first-order chi connectivity index (χ1) is 11.7. The second kappa shape index (κ2) is 7.58. The molecule has 0 saturated heterocycles. The highest BCUT2D eigenvalue weighted by Gasteiger charge is 2.19. The molecule has 0 aromatic heterocycles. The zero-order valence-electron chi connectivity index (χ0n) is 14.7. The molecule has 1 unspecified atom stereocenters. The molecule has 1 N–H and O–H groups in total. The third-order valence-electron chi connectivity index (χ3n) is 4.72. The van der Waals surface area contributed by atoms with Gasteiger partial charge in [0.05, 0.1) is 14.2 Å². The van der Waals surface area contributed by atoms with E-state index in [0.29, 0.717) is 0 Å². The van der Waals surface area contributed by atoms with E-state index in [9.17, 15) is 0 Å². The highest BCUT2D eigenvalue weighted by molar-refractivity contribution is 5.57. The summed E-state index contributed by atoms with van der Waals surface area (Å²) in [6.07, 6.45) is 1.15. The molecule has 24 heavy (non-hydrogen) atoms. The van der Waals surface area contributed by atoms with Gasteiger partial charge < -0.3 is 19.7 Å². The van der Waals surface area contributed by atoms with Gasteiger partial charge in [-0.05, 0) is 31.0 Å². The summed E-state index contributed by atoms with van der Waals surface area (Å²) in [5.74, 6) is 1.59. The Morgan fingerprint density at radius 3 is 2.71 bits per heavy atom. The predicted octanol–water partition coefficient (Wildman–Crippen LogP) is 3.42. The topological polar surface area (TPSA) is 33.7 Å². The number of ether oxygens (including phenoxy) is 2. The summed E-state index contributed by atoms with van der Waals surface area (Å²) in [6, 6.07) is 14.9. The van der Waals surface area contributed by atoms with Gasteiger partial charge in [0.15, 0.2) is 11.5 Å². The highest BCUT2D eigenvalue weighted by Crippen LogP contribution is 2.34. The van der Waals surface area contributed by atoms with Crippen LogP contribution in [0.3, 0.4) is 0 Å². The number of methoxy groups -OCH3 is 2. The molecule has 1 atom stereocenters.